The molecule has 3 nitrogen and oxygen atoms in total. The molecule has 1 aliphatic rings. The summed E-state index contributed by atoms with van der Waals surface area (Å²) in [4.78, 5) is 4.85. The topological polar surface area (TPSA) is 32.5 Å². The second-order valence-electron chi connectivity index (χ2n) is 6.47. The lowest BCUT2D eigenvalue weighted by molar-refractivity contribution is 0.163. The van der Waals surface area contributed by atoms with Crippen LogP contribution in [-0.4, -0.2) is 49.6 Å². The van der Waals surface area contributed by atoms with Crippen molar-refractivity contribution in [3.05, 3.63) is 35.4 Å². The van der Waals surface area contributed by atoms with Crippen LogP contribution in [0.1, 0.15) is 43.4 Å². The normalized spacial score (nSPS) is 22.4. The van der Waals surface area contributed by atoms with E-state index in [0.29, 0.717) is 6.04 Å². The second kappa shape index (κ2) is 7.92. The fourth-order valence-electron chi connectivity index (χ4n) is 3.53. The molecule has 21 heavy (non-hydrogen) atoms. The van der Waals surface area contributed by atoms with E-state index in [-0.39, 0.29) is 6.04 Å². The Morgan fingerprint density at radius 3 is 2.67 bits per heavy atom. The molecule has 0 fully saturated rings. The summed E-state index contributed by atoms with van der Waals surface area (Å²) in [5.41, 5.74) is 9.47. The largest absolute Gasteiger partial charge is 0.323 e. The molecular weight excluding hydrogens is 258 g/mol. The highest BCUT2D eigenvalue weighted by atomic mass is 15.2. The molecule has 0 heterocycles. The summed E-state index contributed by atoms with van der Waals surface area (Å²) in [5, 5.41) is 0. The monoisotopic (exact) mass is 289 g/mol. The van der Waals surface area contributed by atoms with E-state index in [4.69, 9.17) is 5.73 Å². The molecule has 0 amide bonds. The molecule has 0 aliphatic heterocycles. The Kier molecular flexibility index (Phi) is 6.22. The van der Waals surface area contributed by atoms with Gasteiger partial charge in [0.05, 0.1) is 0 Å². The minimum Gasteiger partial charge on any atom is -0.323 e. The van der Waals surface area contributed by atoms with Crippen LogP contribution < -0.4 is 5.73 Å². The predicted octanol–water partition coefficient (Wildman–Crippen LogP) is 2.66. The van der Waals surface area contributed by atoms with Crippen LogP contribution in [0.15, 0.2) is 24.3 Å². The van der Waals surface area contributed by atoms with Crippen LogP contribution in [0.4, 0.5) is 0 Å². The number of hydrogen-bond donors (Lipinski definition) is 1. The molecule has 1 aromatic carbocycles. The molecule has 1 aliphatic carbocycles. The summed E-state index contributed by atoms with van der Waals surface area (Å²) >= 11 is 0. The Labute approximate surface area is 130 Å². The van der Waals surface area contributed by atoms with Gasteiger partial charge in [0.25, 0.3) is 0 Å². The molecule has 2 atom stereocenters. The Morgan fingerprint density at radius 2 is 1.95 bits per heavy atom. The van der Waals surface area contributed by atoms with Crippen molar-refractivity contribution < 1.29 is 0 Å². The van der Waals surface area contributed by atoms with E-state index >= 15 is 0 Å². The van der Waals surface area contributed by atoms with Gasteiger partial charge in [-0.15, -0.1) is 0 Å². The number of nitrogens with two attached hydrogens (primary N) is 1. The van der Waals surface area contributed by atoms with Crippen molar-refractivity contribution in [1.29, 1.82) is 0 Å². The van der Waals surface area contributed by atoms with E-state index in [1.165, 1.54) is 36.8 Å². The molecule has 0 aromatic heterocycles. The van der Waals surface area contributed by atoms with Gasteiger partial charge in [0, 0.05) is 12.1 Å². The van der Waals surface area contributed by atoms with Gasteiger partial charge in [-0.25, -0.2) is 0 Å². The molecule has 118 valence electrons. The quantitative estimate of drug-likeness (QED) is 0.817. The zero-order valence-electron chi connectivity index (χ0n) is 13.9. The van der Waals surface area contributed by atoms with E-state index in [2.05, 4.69) is 55.1 Å². The van der Waals surface area contributed by atoms with Gasteiger partial charge in [0.2, 0.25) is 0 Å². The molecular formula is C18H31N3. The van der Waals surface area contributed by atoms with Gasteiger partial charge in [0.15, 0.2) is 0 Å². The molecule has 0 saturated heterocycles. The molecule has 0 saturated carbocycles. The zero-order valence-corrected chi connectivity index (χ0v) is 13.9. The number of aryl methyl sites for hydroxylation is 1. The minimum absolute atomic E-state index is 0.156. The number of benzene rings is 1. The van der Waals surface area contributed by atoms with Crippen molar-refractivity contribution in [1.82, 2.24) is 9.80 Å². The summed E-state index contributed by atoms with van der Waals surface area (Å²) in [6.07, 6.45) is 4.85. The summed E-state index contributed by atoms with van der Waals surface area (Å²) < 4.78 is 0. The summed E-state index contributed by atoms with van der Waals surface area (Å²) in [7, 11) is 4.29. The second-order valence-corrected chi connectivity index (χ2v) is 6.47. The van der Waals surface area contributed by atoms with E-state index in [0.717, 1.165) is 19.6 Å². The van der Waals surface area contributed by atoms with E-state index in [1.54, 1.807) is 0 Å². The number of fused-ring (bicyclic) bond motifs is 1. The third-order valence-corrected chi connectivity index (χ3v) is 4.70. The van der Waals surface area contributed by atoms with E-state index in [1.807, 2.05) is 0 Å². The van der Waals surface area contributed by atoms with Crippen molar-refractivity contribution in [2.75, 3.05) is 33.7 Å². The van der Waals surface area contributed by atoms with Gasteiger partial charge in [-0.2, -0.15) is 0 Å². The summed E-state index contributed by atoms with van der Waals surface area (Å²) in [6.45, 7) is 5.65. The third kappa shape index (κ3) is 4.29. The number of likely N-dealkylation sites (N-methyl/N-ethyl adjacent to an activating group) is 1. The van der Waals surface area contributed by atoms with Crippen LogP contribution in [0.25, 0.3) is 0 Å². The van der Waals surface area contributed by atoms with Gasteiger partial charge >= 0.3 is 0 Å². The van der Waals surface area contributed by atoms with Crippen LogP contribution in [-0.2, 0) is 6.42 Å². The average Bonchev–Trinajstić information content (AvgIpc) is 2.64. The number of hydrogen-bond acceptors (Lipinski definition) is 3. The maximum Gasteiger partial charge on any atom is 0.0455 e. The highest BCUT2D eigenvalue weighted by Crippen LogP contribution is 2.30. The molecule has 1 aromatic rings. The first-order valence-corrected chi connectivity index (χ1v) is 8.35. The molecule has 2 unspecified atom stereocenters. The van der Waals surface area contributed by atoms with E-state index in [9.17, 15) is 0 Å². The van der Waals surface area contributed by atoms with Crippen LogP contribution >= 0.6 is 0 Å². The molecule has 2 rings (SSSR count). The minimum atomic E-state index is 0.156. The van der Waals surface area contributed by atoms with Crippen molar-refractivity contribution in [2.45, 2.75) is 44.7 Å². The molecule has 0 radical (unpaired) electrons. The Morgan fingerprint density at radius 1 is 1.19 bits per heavy atom. The van der Waals surface area contributed by atoms with Crippen molar-refractivity contribution in [3.8, 4) is 0 Å². The van der Waals surface area contributed by atoms with Gasteiger partial charge < -0.3 is 10.6 Å². The maximum atomic E-state index is 6.65. The molecule has 0 bridgehead atoms. The predicted molar refractivity (Wildman–Crippen MR) is 90.5 cm³/mol. The number of rotatable bonds is 6. The van der Waals surface area contributed by atoms with Crippen molar-refractivity contribution >= 4 is 0 Å². The fourth-order valence-corrected chi connectivity index (χ4v) is 3.53. The highest BCUT2D eigenvalue weighted by Gasteiger charge is 2.28. The lowest BCUT2D eigenvalue weighted by Gasteiger charge is -2.34. The first kappa shape index (κ1) is 16.5. The Bertz CT molecular complexity index is 430. The molecule has 3 heteroatoms. The first-order valence-electron chi connectivity index (χ1n) is 8.35. The first-order chi connectivity index (χ1) is 10.1. The Hall–Kier alpha value is -0.900. The average molecular weight is 289 g/mol. The van der Waals surface area contributed by atoms with Crippen molar-refractivity contribution in [2.24, 2.45) is 5.73 Å². The molecule has 0 spiro atoms. The van der Waals surface area contributed by atoms with Crippen LogP contribution in [0.2, 0.25) is 0 Å². The third-order valence-electron chi connectivity index (χ3n) is 4.70. The van der Waals surface area contributed by atoms with Gasteiger partial charge in [-0.05, 0) is 70.5 Å². The molecule has 2 N–H and O–H groups in total. The lowest BCUT2D eigenvalue weighted by atomic mass is 9.96. The zero-order chi connectivity index (χ0) is 15.2. The Balaban J connectivity index is 2.07. The van der Waals surface area contributed by atoms with E-state index < -0.39 is 0 Å². The van der Waals surface area contributed by atoms with Gasteiger partial charge in [-0.3, -0.25) is 4.90 Å². The maximum absolute atomic E-state index is 6.65. The standard InChI is InChI=1S/C18H31N3/c1-4-21(14-8-13-20(2)3)17-12-7-10-15-9-5-6-11-16(15)18(17)19/h5-6,9,11,17-18H,4,7-8,10,12-14,19H2,1-3H3. The van der Waals surface area contributed by atoms with Crippen LogP contribution in [0, 0.1) is 0 Å². The van der Waals surface area contributed by atoms with Crippen LogP contribution in [0.3, 0.4) is 0 Å². The van der Waals surface area contributed by atoms with Gasteiger partial charge in [-0.1, -0.05) is 31.2 Å². The van der Waals surface area contributed by atoms with Gasteiger partial charge in [0.1, 0.15) is 0 Å². The SMILES string of the molecule is CCN(CCCN(C)C)C1CCCc2ccccc2C1N. The lowest BCUT2D eigenvalue weighted by Crippen LogP contribution is -2.43. The number of nitrogens with zero attached hydrogens (tertiary/aromatic N) is 2. The fraction of sp³-hybridized carbons (Fsp3) is 0.667. The highest BCUT2D eigenvalue weighted by molar-refractivity contribution is 5.32. The van der Waals surface area contributed by atoms with Crippen LogP contribution in [0.5, 0.6) is 0 Å². The van der Waals surface area contributed by atoms with Crippen molar-refractivity contribution in [3.63, 3.8) is 0 Å². The summed E-state index contributed by atoms with van der Waals surface area (Å²) in [6, 6.07) is 9.39. The smallest absolute Gasteiger partial charge is 0.0455 e. The summed E-state index contributed by atoms with van der Waals surface area (Å²) in [5.74, 6) is 0.